The standard InChI is InChI=1S/C19H22ClFN2O3S/c1-11-18(27(2,24)25)23-17(22-11)16(13-3-4-15(21)14(20)7-13)26-10-19-6-5-12(8-19)9-19/h3-4,7,12,16H,5-6,8-10H2,1-2H3,(H,22,23). The molecule has 0 amide bonds. The molecule has 3 fully saturated rings. The van der Waals surface area contributed by atoms with E-state index < -0.39 is 21.8 Å². The van der Waals surface area contributed by atoms with E-state index in [1.807, 2.05) is 0 Å². The molecule has 0 aliphatic heterocycles. The minimum absolute atomic E-state index is 0.00189. The van der Waals surface area contributed by atoms with E-state index >= 15 is 0 Å². The zero-order valence-electron chi connectivity index (χ0n) is 15.3. The van der Waals surface area contributed by atoms with Crippen LogP contribution in [0.3, 0.4) is 0 Å². The Morgan fingerprint density at radius 1 is 1.44 bits per heavy atom. The second-order valence-electron chi connectivity index (χ2n) is 8.00. The highest BCUT2D eigenvalue weighted by atomic mass is 35.5. The van der Waals surface area contributed by atoms with Crippen molar-refractivity contribution in [2.24, 2.45) is 11.3 Å². The van der Waals surface area contributed by atoms with Gasteiger partial charge in [0.1, 0.15) is 17.7 Å². The third kappa shape index (κ3) is 3.52. The molecule has 2 aromatic rings. The molecule has 146 valence electrons. The molecule has 0 saturated heterocycles. The van der Waals surface area contributed by atoms with Gasteiger partial charge in [0.2, 0.25) is 0 Å². The molecular weight excluding hydrogens is 391 g/mol. The molecule has 0 spiro atoms. The SMILES string of the molecule is Cc1[nH]c(C(OCC23CCC(C2)C3)c2ccc(F)c(Cl)c2)nc1S(C)(=O)=O. The van der Waals surface area contributed by atoms with Crippen molar-refractivity contribution < 1.29 is 17.5 Å². The van der Waals surface area contributed by atoms with Crippen molar-refractivity contribution in [3.05, 3.63) is 46.1 Å². The van der Waals surface area contributed by atoms with E-state index in [1.165, 1.54) is 31.4 Å². The summed E-state index contributed by atoms with van der Waals surface area (Å²) in [6.45, 7) is 2.23. The minimum atomic E-state index is -3.46. The van der Waals surface area contributed by atoms with Gasteiger partial charge in [-0.15, -0.1) is 0 Å². The molecule has 0 radical (unpaired) electrons. The first-order valence-corrected chi connectivity index (χ1v) is 11.3. The Bertz CT molecular complexity index is 977. The number of nitrogens with one attached hydrogen (secondary N) is 1. The number of sulfone groups is 1. The third-order valence-corrected chi connectivity index (χ3v) is 7.18. The van der Waals surface area contributed by atoms with Crippen molar-refractivity contribution in [2.75, 3.05) is 12.9 Å². The Balaban J connectivity index is 1.68. The number of nitrogens with zero attached hydrogens (tertiary/aromatic N) is 1. The van der Waals surface area contributed by atoms with Crippen LogP contribution in [0.1, 0.15) is 48.9 Å². The van der Waals surface area contributed by atoms with Gasteiger partial charge in [0.05, 0.1) is 17.3 Å². The normalized spacial score (nSPS) is 25.4. The number of aromatic nitrogens is 2. The Morgan fingerprint density at radius 3 is 2.74 bits per heavy atom. The summed E-state index contributed by atoms with van der Waals surface area (Å²) in [6, 6.07) is 4.39. The second kappa shape index (κ2) is 6.57. The summed E-state index contributed by atoms with van der Waals surface area (Å²) in [4.78, 5) is 7.32. The van der Waals surface area contributed by atoms with Crippen LogP contribution in [0.25, 0.3) is 0 Å². The highest BCUT2D eigenvalue weighted by Crippen LogP contribution is 2.59. The number of benzene rings is 1. The lowest BCUT2D eigenvalue weighted by Crippen LogP contribution is -2.33. The average Bonchev–Trinajstić information content (AvgIpc) is 3.24. The van der Waals surface area contributed by atoms with Crippen molar-refractivity contribution in [1.82, 2.24) is 9.97 Å². The lowest BCUT2D eigenvalue weighted by Gasteiger charge is -2.39. The lowest BCUT2D eigenvalue weighted by molar-refractivity contribution is -0.0276. The Morgan fingerprint density at radius 2 is 2.19 bits per heavy atom. The van der Waals surface area contributed by atoms with E-state index in [0.717, 1.165) is 18.6 Å². The van der Waals surface area contributed by atoms with Crippen LogP contribution in [0.2, 0.25) is 5.02 Å². The van der Waals surface area contributed by atoms with E-state index in [0.29, 0.717) is 23.7 Å². The molecule has 1 aromatic heterocycles. The van der Waals surface area contributed by atoms with Crippen LogP contribution in [0, 0.1) is 24.1 Å². The number of H-pyrrole nitrogens is 1. The van der Waals surface area contributed by atoms with Gasteiger partial charge in [0, 0.05) is 6.26 Å². The molecule has 5 rings (SSSR count). The Labute approximate surface area is 163 Å². The van der Waals surface area contributed by atoms with Crippen LogP contribution in [-0.2, 0) is 14.6 Å². The van der Waals surface area contributed by atoms with Gasteiger partial charge in [0.25, 0.3) is 0 Å². The highest BCUT2D eigenvalue weighted by molar-refractivity contribution is 7.90. The van der Waals surface area contributed by atoms with Crippen LogP contribution < -0.4 is 0 Å². The third-order valence-electron chi connectivity index (χ3n) is 5.79. The quantitative estimate of drug-likeness (QED) is 0.771. The van der Waals surface area contributed by atoms with Crippen molar-refractivity contribution in [3.8, 4) is 0 Å². The number of halogens is 2. The molecule has 3 aliphatic carbocycles. The van der Waals surface area contributed by atoms with E-state index in [9.17, 15) is 12.8 Å². The largest absolute Gasteiger partial charge is 0.365 e. The summed E-state index contributed by atoms with van der Waals surface area (Å²) in [5.41, 5.74) is 1.31. The number of rotatable bonds is 6. The van der Waals surface area contributed by atoms with E-state index in [4.69, 9.17) is 16.3 Å². The van der Waals surface area contributed by atoms with Crippen molar-refractivity contribution in [1.29, 1.82) is 0 Å². The molecule has 1 heterocycles. The van der Waals surface area contributed by atoms with Crippen LogP contribution in [0.4, 0.5) is 4.39 Å². The maximum Gasteiger partial charge on any atom is 0.194 e. The molecule has 3 saturated carbocycles. The number of hydrogen-bond donors (Lipinski definition) is 1. The first-order chi connectivity index (χ1) is 12.7. The molecule has 5 nitrogen and oxygen atoms in total. The number of aryl methyl sites for hydroxylation is 1. The maximum absolute atomic E-state index is 13.6. The van der Waals surface area contributed by atoms with Gasteiger partial charge in [0.15, 0.2) is 14.9 Å². The van der Waals surface area contributed by atoms with Crippen molar-refractivity contribution in [3.63, 3.8) is 0 Å². The van der Waals surface area contributed by atoms with Gasteiger partial charge in [-0.1, -0.05) is 17.7 Å². The van der Waals surface area contributed by atoms with Crippen LogP contribution in [0.5, 0.6) is 0 Å². The van der Waals surface area contributed by atoms with E-state index in [2.05, 4.69) is 9.97 Å². The summed E-state index contributed by atoms with van der Waals surface area (Å²) in [5, 5.41) is -0.00232. The topological polar surface area (TPSA) is 72.0 Å². The molecule has 2 bridgehead atoms. The predicted octanol–water partition coefficient (Wildman–Crippen LogP) is 4.21. The number of hydrogen-bond acceptors (Lipinski definition) is 4. The highest BCUT2D eigenvalue weighted by Gasteiger charge is 2.50. The monoisotopic (exact) mass is 412 g/mol. The van der Waals surface area contributed by atoms with Gasteiger partial charge in [-0.25, -0.2) is 17.8 Å². The summed E-state index contributed by atoms with van der Waals surface area (Å²) in [7, 11) is -3.46. The van der Waals surface area contributed by atoms with E-state index in [-0.39, 0.29) is 15.5 Å². The predicted molar refractivity (Wildman–Crippen MR) is 100 cm³/mol. The number of fused-ring (bicyclic) bond motifs is 1. The molecule has 1 aromatic carbocycles. The fourth-order valence-electron chi connectivity index (χ4n) is 4.49. The molecule has 1 unspecified atom stereocenters. The molecule has 8 heteroatoms. The van der Waals surface area contributed by atoms with Crippen LogP contribution in [0.15, 0.2) is 23.2 Å². The lowest BCUT2D eigenvalue weighted by atomic mass is 9.70. The first-order valence-electron chi connectivity index (χ1n) is 9.00. The van der Waals surface area contributed by atoms with Crippen LogP contribution in [-0.4, -0.2) is 31.2 Å². The van der Waals surface area contributed by atoms with Gasteiger partial charge in [-0.2, -0.15) is 0 Å². The fraction of sp³-hybridized carbons (Fsp3) is 0.526. The zero-order valence-corrected chi connectivity index (χ0v) is 16.8. The van der Waals surface area contributed by atoms with Crippen molar-refractivity contribution >= 4 is 21.4 Å². The summed E-state index contributed by atoms with van der Waals surface area (Å²) in [6.07, 6.45) is 5.24. The second-order valence-corrected chi connectivity index (χ2v) is 10.3. The fourth-order valence-corrected chi connectivity index (χ4v) is 5.55. The number of aromatic amines is 1. The maximum atomic E-state index is 13.6. The zero-order chi connectivity index (χ0) is 19.4. The van der Waals surface area contributed by atoms with E-state index in [1.54, 1.807) is 13.0 Å². The van der Waals surface area contributed by atoms with Crippen LogP contribution >= 0.6 is 11.6 Å². The Kier molecular flexibility index (Phi) is 4.60. The summed E-state index contributed by atoms with van der Waals surface area (Å²) in [5.74, 6) is 0.693. The average molecular weight is 413 g/mol. The number of imidazole rings is 1. The first kappa shape index (κ1) is 18.9. The number of ether oxygens (including phenoxy) is 1. The molecule has 1 atom stereocenters. The molecule has 27 heavy (non-hydrogen) atoms. The summed E-state index contributed by atoms with van der Waals surface area (Å²) < 4.78 is 43.8. The van der Waals surface area contributed by atoms with Gasteiger partial charge >= 0.3 is 0 Å². The molecule has 3 aliphatic rings. The summed E-state index contributed by atoms with van der Waals surface area (Å²) >= 11 is 5.96. The Hall–Kier alpha value is -1.44. The van der Waals surface area contributed by atoms with Gasteiger partial charge in [-0.3, -0.25) is 0 Å². The van der Waals surface area contributed by atoms with Gasteiger partial charge < -0.3 is 9.72 Å². The minimum Gasteiger partial charge on any atom is -0.365 e. The van der Waals surface area contributed by atoms with Gasteiger partial charge in [-0.05, 0) is 61.6 Å². The molecular formula is C19H22ClFN2O3S. The van der Waals surface area contributed by atoms with Crippen molar-refractivity contribution in [2.45, 2.75) is 43.7 Å². The molecule has 1 N–H and O–H groups in total. The smallest absolute Gasteiger partial charge is 0.194 e.